The van der Waals surface area contributed by atoms with E-state index < -0.39 is 19.0 Å². The molecule has 100 valence electrons. The predicted molar refractivity (Wildman–Crippen MR) is 74.8 cm³/mol. The molecule has 0 saturated carbocycles. The van der Waals surface area contributed by atoms with Gasteiger partial charge in [0, 0.05) is 0 Å². The smallest absolute Gasteiger partial charge is 0.386 e. The van der Waals surface area contributed by atoms with Crippen molar-refractivity contribution < 1.29 is 14.0 Å². The van der Waals surface area contributed by atoms with Crippen LogP contribution in [0.2, 0.25) is 6.55 Å². The molecule has 0 radical (unpaired) electrons. The van der Waals surface area contributed by atoms with Crippen LogP contribution >= 0.6 is 22.2 Å². The lowest BCUT2D eigenvalue weighted by Gasteiger charge is -2.27. The SMILES string of the molecule is COC(=O)[C@@H](C)[C@H](O[Si](C)(Cl)Cl)c1ccccc1. The number of carbonyl (C=O) groups excluding carboxylic acids is 1. The van der Waals surface area contributed by atoms with Crippen molar-refractivity contribution in [3.05, 3.63) is 35.9 Å². The van der Waals surface area contributed by atoms with Gasteiger partial charge in [0.1, 0.15) is 0 Å². The van der Waals surface area contributed by atoms with Crippen LogP contribution in [0.1, 0.15) is 18.6 Å². The third kappa shape index (κ3) is 4.61. The summed E-state index contributed by atoms with van der Waals surface area (Å²) in [6.45, 7) is 0.595. The Labute approximate surface area is 118 Å². The summed E-state index contributed by atoms with van der Waals surface area (Å²) in [6.07, 6.45) is -0.495. The number of carbonyl (C=O) groups is 1. The van der Waals surface area contributed by atoms with E-state index in [2.05, 4.69) is 0 Å². The summed E-state index contributed by atoms with van der Waals surface area (Å²) in [5.74, 6) is -0.822. The van der Waals surface area contributed by atoms with Crippen molar-refractivity contribution in [2.75, 3.05) is 7.11 Å². The zero-order valence-electron chi connectivity index (χ0n) is 10.5. The summed E-state index contributed by atoms with van der Waals surface area (Å²) in [5.41, 5.74) is 0.857. The topological polar surface area (TPSA) is 35.5 Å². The molecule has 0 aliphatic rings. The highest BCUT2D eigenvalue weighted by molar-refractivity contribution is 7.41. The molecule has 0 bridgehead atoms. The molecule has 0 aliphatic heterocycles. The molecule has 0 spiro atoms. The number of hydrogen-bond donors (Lipinski definition) is 0. The van der Waals surface area contributed by atoms with Crippen molar-refractivity contribution in [2.45, 2.75) is 19.6 Å². The van der Waals surface area contributed by atoms with Gasteiger partial charge < -0.3 is 9.16 Å². The first-order valence-corrected chi connectivity index (χ1v) is 9.96. The van der Waals surface area contributed by atoms with E-state index in [1.54, 1.807) is 13.5 Å². The van der Waals surface area contributed by atoms with Crippen LogP contribution in [-0.4, -0.2) is 20.0 Å². The molecule has 3 nitrogen and oxygen atoms in total. The quantitative estimate of drug-likeness (QED) is 0.474. The summed E-state index contributed by atoms with van der Waals surface area (Å²) in [5, 5.41) is 0. The van der Waals surface area contributed by atoms with Crippen molar-refractivity contribution in [1.82, 2.24) is 0 Å². The Balaban J connectivity index is 2.99. The zero-order valence-corrected chi connectivity index (χ0v) is 13.0. The number of ether oxygens (including phenoxy) is 1. The van der Waals surface area contributed by atoms with Crippen LogP contribution in [0.3, 0.4) is 0 Å². The average Bonchev–Trinajstić information content (AvgIpc) is 2.34. The molecule has 0 amide bonds. The molecule has 0 aliphatic carbocycles. The summed E-state index contributed by atoms with van der Waals surface area (Å²) < 4.78 is 10.4. The van der Waals surface area contributed by atoms with Crippen molar-refractivity contribution >= 4 is 35.1 Å². The predicted octanol–water partition coefficient (Wildman–Crippen LogP) is 3.60. The van der Waals surface area contributed by atoms with Crippen molar-refractivity contribution in [3.8, 4) is 0 Å². The molecule has 0 unspecified atom stereocenters. The van der Waals surface area contributed by atoms with Crippen LogP contribution in [0.4, 0.5) is 0 Å². The van der Waals surface area contributed by atoms with E-state index in [0.717, 1.165) is 5.56 Å². The third-order valence-electron chi connectivity index (χ3n) is 2.49. The maximum atomic E-state index is 11.6. The summed E-state index contributed by atoms with van der Waals surface area (Å²) >= 11 is 12.0. The first-order chi connectivity index (χ1) is 8.35. The van der Waals surface area contributed by atoms with Gasteiger partial charge in [-0.05, 0) is 19.0 Å². The van der Waals surface area contributed by atoms with Gasteiger partial charge in [0.15, 0.2) is 0 Å². The Bertz CT molecular complexity index is 392. The first-order valence-electron chi connectivity index (χ1n) is 5.53. The number of esters is 1. The van der Waals surface area contributed by atoms with Gasteiger partial charge in [0.05, 0.1) is 19.1 Å². The van der Waals surface area contributed by atoms with Crippen molar-refractivity contribution in [2.24, 2.45) is 5.92 Å². The molecule has 0 aromatic heterocycles. The highest BCUT2D eigenvalue weighted by Gasteiger charge is 2.34. The van der Waals surface area contributed by atoms with Gasteiger partial charge in [-0.25, -0.2) is 0 Å². The number of methoxy groups -OCH3 is 1. The fraction of sp³-hybridized carbons (Fsp3) is 0.417. The van der Waals surface area contributed by atoms with E-state index >= 15 is 0 Å². The standard InChI is InChI=1S/C12H16Cl2O3Si/c1-9(12(15)16-2)11(17-18(3,13)14)10-7-5-4-6-8-10/h4-9,11H,1-3H3/t9-,11-/m0/s1. The fourth-order valence-electron chi connectivity index (χ4n) is 1.63. The van der Waals surface area contributed by atoms with Crippen LogP contribution in [0.5, 0.6) is 0 Å². The highest BCUT2D eigenvalue weighted by atomic mass is 35.7. The molecule has 0 fully saturated rings. The molecule has 0 N–H and O–H groups in total. The maximum absolute atomic E-state index is 11.6. The summed E-state index contributed by atoms with van der Waals surface area (Å²) in [6, 6.07) is 9.38. The lowest BCUT2D eigenvalue weighted by Crippen LogP contribution is -2.30. The second kappa shape index (κ2) is 6.57. The molecule has 1 rings (SSSR count). The Hall–Kier alpha value is -0.553. The largest absolute Gasteiger partial charge is 0.469 e. The van der Waals surface area contributed by atoms with E-state index in [4.69, 9.17) is 31.3 Å². The lowest BCUT2D eigenvalue weighted by atomic mass is 9.98. The van der Waals surface area contributed by atoms with Crippen LogP contribution in [0.15, 0.2) is 30.3 Å². The van der Waals surface area contributed by atoms with E-state index in [-0.39, 0.29) is 5.97 Å². The van der Waals surface area contributed by atoms with Crippen LogP contribution in [0.25, 0.3) is 0 Å². The second-order valence-electron chi connectivity index (χ2n) is 4.07. The molecule has 0 saturated heterocycles. The lowest BCUT2D eigenvalue weighted by molar-refractivity contribution is -0.148. The van der Waals surface area contributed by atoms with Gasteiger partial charge in [0.2, 0.25) is 0 Å². The van der Waals surface area contributed by atoms with Gasteiger partial charge in [-0.15, -0.1) is 22.2 Å². The van der Waals surface area contributed by atoms with Gasteiger partial charge in [-0.3, -0.25) is 4.79 Å². The number of hydrogen-bond acceptors (Lipinski definition) is 3. The first kappa shape index (κ1) is 15.5. The monoisotopic (exact) mass is 306 g/mol. The molecule has 0 heterocycles. The average molecular weight is 307 g/mol. The fourth-order valence-corrected chi connectivity index (χ4v) is 3.00. The maximum Gasteiger partial charge on any atom is 0.386 e. The van der Waals surface area contributed by atoms with Crippen molar-refractivity contribution in [1.29, 1.82) is 0 Å². The molecule has 6 heteroatoms. The number of benzene rings is 1. The van der Waals surface area contributed by atoms with Gasteiger partial charge in [0.25, 0.3) is 0 Å². The van der Waals surface area contributed by atoms with Crippen LogP contribution in [0, 0.1) is 5.92 Å². The minimum Gasteiger partial charge on any atom is -0.469 e. The minimum absolute atomic E-state index is 0.351. The molecule has 18 heavy (non-hydrogen) atoms. The van der Waals surface area contributed by atoms with E-state index in [9.17, 15) is 4.79 Å². The van der Waals surface area contributed by atoms with E-state index in [1.807, 2.05) is 30.3 Å². The summed E-state index contributed by atoms with van der Waals surface area (Å²) in [4.78, 5) is 11.6. The Morgan fingerprint density at radius 3 is 2.28 bits per heavy atom. The minimum atomic E-state index is -2.79. The molecule has 2 atom stereocenters. The third-order valence-corrected chi connectivity index (χ3v) is 3.69. The van der Waals surface area contributed by atoms with E-state index in [1.165, 1.54) is 7.11 Å². The number of halogens is 2. The molecular weight excluding hydrogens is 291 g/mol. The van der Waals surface area contributed by atoms with Crippen LogP contribution < -0.4 is 0 Å². The molecule has 1 aromatic carbocycles. The Kier molecular flexibility index (Phi) is 5.66. The van der Waals surface area contributed by atoms with Gasteiger partial charge in [-0.2, -0.15) is 0 Å². The zero-order chi connectivity index (χ0) is 13.8. The highest BCUT2D eigenvalue weighted by Crippen LogP contribution is 2.32. The normalized spacial score (nSPS) is 14.9. The van der Waals surface area contributed by atoms with Gasteiger partial charge in [-0.1, -0.05) is 30.3 Å². The molecular formula is C12H16Cl2O3Si. The van der Waals surface area contributed by atoms with Gasteiger partial charge >= 0.3 is 12.9 Å². The Morgan fingerprint density at radius 2 is 1.83 bits per heavy atom. The Morgan fingerprint density at radius 1 is 1.28 bits per heavy atom. The second-order valence-corrected chi connectivity index (χ2v) is 10.8. The summed E-state index contributed by atoms with van der Waals surface area (Å²) in [7, 11) is 1.35. The van der Waals surface area contributed by atoms with Crippen LogP contribution in [-0.2, 0) is 14.0 Å². The van der Waals surface area contributed by atoms with E-state index in [0.29, 0.717) is 0 Å². The molecule has 1 aromatic rings. The number of rotatable bonds is 5. The van der Waals surface area contributed by atoms with Crippen molar-refractivity contribution in [3.63, 3.8) is 0 Å².